The van der Waals surface area contributed by atoms with Gasteiger partial charge in [-0.2, -0.15) is 12.7 Å². The van der Waals surface area contributed by atoms with Crippen LogP contribution in [0.1, 0.15) is 31.8 Å². The number of rotatable bonds is 4. The molecule has 0 heterocycles. The Hall–Kier alpha value is -2.40. The molecule has 0 saturated heterocycles. The molecule has 10 heteroatoms. The molecule has 0 aromatic heterocycles. The van der Waals surface area contributed by atoms with E-state index >= 15 is 0 Å². The predicted molar refractivity (Wildman–Crippen MR) is 91.1 cm³/mol. The van der Waals surface area contributed by atoms with Gasteiger partial charge in [0, 0.05) is 29.3 Å². The lowest BCUT2D eigenvalue weighted by Crippen LogP contribution is -2.32. The Morgan fingerprint density at radius 3 is 1.88 bits per heavy atom. The van der Waals surface area contributed by atoms with E-state index in [2.05, 4.69) is 0 Å². The summed E-state index contributed by atoms with van der Waals surface area (Å²) in [4.78, 5) is 24.8. The highest BCUT2D eigenvalue weighted by Crippen LogP contribution is 2.29. The minimum absolute atomic E-state index is 0.0740. The molecule has 0 atom stereocenters. The Labute approximate surface area is 149 Å². The Balaban J connectivity index is 2.10. The van der Waals surface area contributed by atoms with Gasteiger partial charge in [-0.05, 0) is 18.2 Å². The highest BCUT2D eigenvalue weighted by atomic mass is 32.2. The van der Waals surface area contributed by atoms with Crippen molar-refractivity contribution in [3.63, 3.8) is 0 Å². The first-order valence-corrected chi connectivity index (χ1v) is 10.3. The maximum absolute atomic E-state index is 12.6. The summed E-state index contributed by atoms with van der Waals surface area (Å²) in [7, 11) is -7.88. The topological polar surface area (TPSA) is 126 Å². The molecule has 0 bridgehead atoms. The molecule has 2 aromatic rings. The Morgan fingerprint density at radius 1 is 0.846 bits per heavy atom. The predicted octanol–water partition coefficient (Wildman–Crippen LogP) is 0.928. The number of nitrogens with zero attached hydrogens (tertiary/aromatic N) is 1. The average Bonchev–Trinajstić information content (AvgIpc) is 2.57. The van der Waals surface area contributed by atoms with Crippen LogP contribution >= 0.6 is 0 Å². The van der Waals surface area contributed by atoms with Crippen LogP contribution in [0.25, 0.3) is 0 Å². The van der Waals surface area contributed by atoms with Crippen LogP contribution in [0.4, 0.5) is 0 Å². The van der Waals surface area contributed by atoms with Gasteiger partial charge in [-0.15, -0.1) is 0 Å². The second-order valence-corrected chi connectivity index (χ2v) is 9.19. The SMILES string of the molecule is CN(CS(=O)(=O)O)S(=O)(=O)c1ccc2c(c1)C(=O)c1ccccc1C2=O. The molecule has 2 aromatic carbocycles. The van der Waals surface area contributed by atoms with Gasteiger partial charge in [0.1, 0.15) is 5.88 Å². The molecule has 1 N–H and O–H groups in total. The van der Waals surface area contributed by atoms with Crippen LogP contribution in [-0.2, 0) is 20.1 Å². The zero-order valence-corrected chi connectivity index (χ0v) is 15.0. The fourth-order valence-corrected chi connectivity index (χ4v) is 5.00. The molecule has 3 rings (SSSR count). The molecule has 0 amide bonds. The molecule has 0 unspecified atom stereocenters. The summed E-state index contributed by atoms with van der Waals surface area (Å²) in [6.07, 6.45) is 0. The molecule has 0 spiro atoms. The molecular weight excluding hydrogens is 382 g/mol. The van der Waals surface area contributed by atoms with E-state index in [1.165, 1.54) is 18.2 Å². The second-order valence-electron chi connectivity index (χ2n) is 5.73. The third kappa shape index (κ3) is 3.07. The summed E-state index contributed by atoms with van der Waals surface area (Å²) in [6.45, 7) is 0. The monoisotopic (exact) mass is 395 g/mol. The first kappa shape index (κ1) is 18.4. The molecule has 0 saturated carbocycles. The van der Waals surface area contributed by atoms with Gasteiger partial charge >= 0.3 is 0 Å². The standard InChI is InChI=1S/C16H13NO7S2/c1-17(9-25(20,21)22)26(23,24)10-6-7-13-14(8-10)16(19)12-5-3-2-4-11(12)15(13)18/h2-8H,9H2,1H3,(H,20,21,22). The van der Waals surface area contributed by atoms with Crippen molar-refractivity contribution >= 4 is 31.7 Å². The van der Waals surface area contributed by atoms with E-state index in [9.17, 15) is 26.4 Å². The normalized spacial score (nSPS) is 14.3. The zero-order valence-electron chi connectivity index (χ0n) is 13.4. The van der Waals surface area contributed by atoms with Crippen LogP contribution in [0.5, 0.6) is 0 Å². The molecule has 8 nitrogen and oxygen atoms in total. The first-order chi connectivity index (χ1) is 12.0. The first-order valence-electron chi connectivity index (χ1n) is 7.26. The summed E-state index contributed by atoms with van der Waals surface area (Å²) >= 11 is 0. The maximum atomic E-state index is 12.6. The van der Waals surface area contributed by atoms with Crippen LogP contribution in [-0.4, -0.2) is 50.2 Å². The maximum Gasteiger partial charge on any atom is 0.279 e. The lowest BCUT2D eigenvalue weighted by molar-refractivity contribution is 0.0979. The fourth-order valence-electron chi connectivity index (χ4n) is 2.72. The summed E-state index contributed by atoms with van der Waals surface area (Å²) in [5.74, 6) is -2.03. The van der Waals surface area contributed by atoms with Crippen molar-refractivity contribution in [1.82, 2.24) is 4.31 Å². The highest BCUT2D eigenvalue weighted by Gasteiger charge is 2.32. The third-order valence-electron chi connectivity index (χ3n) is 3.95. The quantitative estimate of drug-likeness (QED) is 0.651. The molecular formula is C16H13NO7S2. The molecule has 0 fully saturated rings. The van der Waals surface area contributed by atoms with E-state index in [4.69, 9.17) is 4.55 Å². The smallest absolute Gasteiger partial charge is 0.279 e. The number of hydrogen-bond donors (Lipinski definition) is 1. The fraction of sp³-hybridized carbons (Fsp3) is 0.125. The van der Waals surface area contributed by atoms with Gasteiger partial charge in [0.15, 0.2) is 11.6 Å². The van der Waals surface area contributed by atoms with Gasteiger partial charge in [-0.1, -0.05) is 24.3 Å². The molecule has 26 heavy (non-hydrogen) atoms. The van der Waals surface area contributed by atoms with Crippen molar-refractivity contribution in [1.29, 1.82) is 0 Å². The van der Waals surface area contributed by atoms with Crippen LogP contribution in [0.15, 0.2) is 47.4 Å². The van der Waals surface area contributed by atoms with E-state index in [-0.39, 0.29) is 27.1 Å². The Bertz CT molecular complexity index is 1150. The number of hydrogen-bond acceptors (Lipinski definition) is 6. The van der Waals surface area contributed by atoms with Gasteiger partial charge in [-0.25, -0.2) is 8.42 Å². The largest absolute Gasteiger partial charge is 0.289 e. The lowest BCUT2D eigenvalue weighted by Gasteiger charge is -2.20. The van der Waals surface area contributed by atoms with E-state index in [1.54, 1.807) is 12.1 Å². The van der Waals surface area contributed by atoms with Crippen LogP contribution < -0.4 is 0 Å². The summed E-state index contributed by atoms with van der Waals surface area (Å²) in [6, 6.07) is 9.59. The van der Waals surface area contributed by atoms with Crippen molar-refractivity contribution in [3.8, 4) is 0 Å². The van der Waals surface area contributed by atoms with E-state index in [0.29, 0.717) is 4.31 Å². The van der Waals surface area contributed by atoms with Gasteiger partial charge in [-0.3, -0.25) is 14.1 Å². The number of carbonyl (C=O) groups excluding carboxylic acids is 2. The minimum Gasteiger partial charge on any atom is -0.289 e. The highest BCUT2D eigenvalue weighted by molar-refractivity contribution is 7.91. The van der Waals surface area contributed by atoms with Crippen molar-refractivity contribution in [2.24, 2.45) is 0 Å². The molecule has 0 radical (unpaired) electrons. The van der Waals surface area contributed by atoms with Crippen molar-refractivity contribution < 1.29 is 31.0 Å². The van der Waals surface area contributed by atoms with Gasteiger partial charge in [0.05, 0.1) is 4.90 Å². The summed E-state index contributed by atoms with van der Waals surface area (Å²) in [5, 5.41) is 0. The minimum atomic E-state index is -4.57. The zero-order chi connectivity index (χ0) is 19.3. The van der Waals surface area contributed by atoms with Crippen LogP contribution in [0.2, 0.25) is 0 Å². The number of ketones is 2. The molecule has 136 valence electrons. The number of benzene rings is 2. The van der Waals surface area contributed by atoms with Gasteiger partial charge in [0.25, 0.3) is 10.1 Å². The van der Waals surface area contributed by atoms with Crippen LogP contribution in [0.3, 0.4) is 0 Å². The number of carbonyl (C=O) groups is 2. The lowest BCUT2D eigenvalue weighted by atomic mass is 9.84. The molecule has 1 aliphatic carbocycles. The van der Waals surface area contributed by atoms with E-state index < -0.39 is 37.6 Å². The second kappa shape index (κ2) is 6.09. The summed E-state index contributed by atoms with van der Waals surface area (Å²) < 4.78 is 56.1. The molecule has 0 aliphatic heterocycles. The van der Waals surface area contributed by atoms with Crippen molar-refractivity contribution in [3.05, 3.63) is 64.7 Å². The number of fused-ring (bicyclic) bond motifs is 2. The van der Waals surface area contributed by atoms with Crippen molar-refractivity contribution in [2.75, 3.05) is 12.9 Å². The molecule has 1 aliphatic rings. The van der Waals surface area contributed by atoms with E-state index in [0.717, 1.165) is 19.2 Å². The van der Waals surface area contributed by atoms with Crippen LogP contribution in [0, 0.1) is 0 Å². The van der Waals surface area contributed by atoms with Crippen molar-refractivity contribution in [2.45, 2.75) is 4.90 Å². The third-order valence-corrected chi connectivity index (χ3v) is 6.63. The average molecular weight is 395 g/mol. The van der Waals surface area contributed by atoms with Gasteiger partial charge in [0.2, 0.25) is 10.0 Å². The van der Waals surface area contributed by atoms with Gasteiger partial charge < -0.3 is 0 Å². The van der Waals surface area contributed by atoms with E-state index in [1.807, 2.05) is 0 Å². The Kier molecular flexibility index (Phi) is 4.31. The summed E-state index contributed by atoms with van der Waals surface area (Å²) in [5.41, 5.74) is 0.412. The Morgan fingerprint density at radius 2 is 1.35 bits per heavy atom. The number of sulfonamides is 1.